The highest BCUT2D eigenvalue weighted by Gasteiger charge is 2.10. The van der Waals surface area contributed by atoms with Gasteiger partial charge in [-0.25, -0.2) is 14.8 Å². The lowest BCUT2D eigenvalue weighted by Gasteiger charge is -2.08. The summed E-state index contributed by atoms with van der Waals surface area (Å²) in [6.07, 6.45) is 3.42. The lowest BCUT2D eigenvalue weighted by molar-refractivity contribution is 0.557. The van der Waals surface area contributed by atoms with E-state index in [1.807, 2.05) is 26.0 Å². The molecule has 0 fully saturated rings. The minimum Gasteiger partial charge on any atom is -0.422 e. The van der Waals surface area contributed by atoms with E-state index in [-0.39, 0.29) is 5.63 Å². The Balaban J connectivity index is 2.02. The topological polar surface area (TPSA) is 56.0 Å². The van der Waals surface area contributed by atoms with Crippen LogP contribution >= 0.6 is 11.8 Å². The first-order chi connectivity index (χ1) is 10.1. The van der Waals surface area contributed by atoms with E-state index in [0.29, 0.717) is 16.5 Å². The molecule has 0 atom stereocenters. The molecule has 3 rings (SSSR count). The van der Waals surface area contributed by atoms with E-state index < -0.39 is 0 Å². The number of hydrogen-bond acceptors (Lipinski definition) is 5. The van der Waals surface area contributed by atoms with Gasteiger partial charge in [0, 0.05) is 29.6 Å². The Hall–Kier alpha value is -2.14. The van der Waals surface area contributed by atoms with Gasteiger partial charge in [0.1, 0.15) is 5.58 Å². The first-order valence-electron chi connectivity index (χ1n) is 6.58. The third-order valence-electron chi connectivity index (χ3n) is 3.42. The average molecular weight is 298 g/mol. The molecule has 0 spiro atoms. The SMILES string of the molecule is Cc1ccc2c(CSc3ncccn3)cc(=O)oc2c1C. The zero-order valence-corrected chi connectivity index (χ0v) is 12.6. The Bertz CT molecular complexity index is 844. The van der Waals surface area contributed by atoms with Crippen molar-refractivity contribution in [2.45, 2.75) is 24.8 Å². The van der Waals surface area contributed by atoms with Gasteiger partial charge in [-0.2, -0.15) is 0 Å². The fraction of sp³-hybridized carbons (Fsp3) is 0.188. The van der Waals surface area contributed by atoms with Crippen LogP contribution in [0.2, 0.25) is 0 Å². The fourth-order valence-corrected chi connectivity index (χ4v) is 2.94. The molecule has 0 radical (unpaired) electrons. The molecule has 0 aliphatic heterocycles. The molecule has 0 amide bonds. The summed E-state index contributed by atoms with van der Waals surface area (Å²) < 4.78 is 5.37. The van der Waals surface area contributed by atoms with Crippen LogP contribution in [0.5, 0.6) is 0 Å². The standard InChI is InChI=1S/C16H14N2O2S/c1-10-4-5-13-12(8-14(19)20-15(13)11(10)2)9-21-16-17-6-3-7-18-16/h3-8H,9H2,1-2H3. The maximum atomic E-state index is 11.8. The molecular weight excluding hydrogens is 284 g/mol. The molecule has 0 saturated heterocycles. The van der Waals surface area contributed by atoms with Crippen LogP contribution in [0.15, 0.2) is 51.0 Å². The van der Waals surface area contributed by atoms with Gasteiger partial charge in [-0.3, -0.25) is 0 Å². The third-order valence-corrected chi connectivity index (χ3v) is 4.34. The molecule has 106 valence electrons. The summed E-state index contributed by atoms with van der Waals surface area (Å²) in [7, 11) is 0. The first kappa shape index (κ1) is 13.8. The van der Waals surface area contributed by atoms with Crippen molar-refractivity contribution in [3.63, 3.8) is 0 Å². The molecule has 0 bridgehead atoms. The molecule has 4 nitrogen and oxygen atoms in total. The van der Waals surface area contributed by atoms with Crippen molar-refractivity contribution in [1.82, 2.24) is 9.97 Å². The second-order valence-corrected chi connectivity index (χ2v) is 5.74. The van der Waals surface area contributed by atoms with Gasteiger partial charge in [0.05, 0.1) is 0 Å². The summed E-state index contributed by atoms with van der Waals surface area (Å²) in [6.45, 7) is 3.98. The Morgan fingerprint density at radius 2 is 1.95 bits per heavy atom. The molecule has 0 aliphatic carbocycles. The van der Waals surface area contributed by atoms with Gasteiger partial charge in [0.2, 0.25) is 0 Å². The number of aryl methyl sites for hydroxylation is 2. The van der Waals surface area contributed by atoms with Gasteiger partial charge in [-0.05, 0) is 36.6 Å². The number of benzene rings is 1. The molecule has 2 aromatic heterocycles. The summed E-state index contributed by atoms with van der Waals surface area (Å²) in [5, 5.41) is 1.67. The van der Waals surface area contributed by atoms with Crippen LogP contribution in [0.1, 0.15) is 16.7 Å². The van der Waals surface area contributed by atoms with Crippen LogP contribution in [0.4, 0.5) is 0 Å². The zero-order valence-electron chi connectivity index (χ0n) is 11.8. The van der Waals surface area contributed by atoms with Crippen LogP contribution in [0.3, 0.4) is 0 Å². The van der Waals surface area contributed by atoms with Crippen molar-refractivity contribution in [3.8, 4) is 0 Å². The number of nitrogens with zero attached hydrogens (tertiary/aromatic N) is 2. The molecule has 2 heterocycles. The Morgan fingerprint density at radius 1 is 1.19 bits per heavy atom. The minimum atomic E-state index is -0.319. The quantitative estimate of drug-likeness (QED) is 0.421. The largest absolute Gasteiger partial charge is 0.422 e. The van der Waals surface area contributed by atoms with E-state index in [9.17, 15) is 4.79 Å². The smallest absolute Gasteiger partial charge is 0.336 e. The lowest BCUT2D eigenvalue weighted by Crippen LogP contribution is -2.01. The maximum Gasteiger partial charge on any atom is 0.336 e. The Labute approximate surface area is 126 Å². The monoisotopic (exact) mass is 298 g/mol. The average Bonchev–Trinajstić information content (AvgIpc) is 2.50. The summed E-state index contributed by atoms with van der Waals surface area (Å²) >= 11 is 1.50. The molecule has 21 heavy (non-hydrogen) atoms. The lowest BCUT2D eigenvalue weighted by atomic mass is 10.0. The van der Waals surface area contributed by atoms with Gasteiger partial charge >= 0.3 is 5.63 Å². The van der Waals surface area contributed by atoms with E-state index in [2.05, 4.69) is 9.97 Å². The second kappa shape index (κ2) is 5.69. The molecular formula is C16H14N2O2S. The minimum absolute atomic E-state index is 0.319. The van der Waals surface area contributed by atoms with Gasteiger partial charge in [0.15, 0.2) is 5.16 Å². The third kappa shape index (κ3) is 2.83. The van der Waals surface area contributed by atoms with Crippen LogP contribution in [0, 0.1) is 13.8 Å². The summed E-state index contributed by atoms with van der Waals surface area (Å²) in [6, 6.07) is 7.38. The van der Waals surface area contributed by atoms with Gasteiger partial charge < -0.3 is 4.42 Å². The number of hydrogen-bond donors (Lipinski definition) is 0. The highest BCUT2D eigenvalue weighted by Crippen LogP contribution is 2.27. The molecule has 3 aromatic rings. The maximum absolute atomic E-state index is 11.8. The first-order valence-corrected chi connectivity index (χ1v) is 7.56. The molecule has 0 N–H and O–H groups in total. The van der Waals surface area contributed by atoms with Crippen molar-refractivity contribution in [1.29, 1.82) is 0 Å². The van der Waals surface area contributed by atoms with E-state index in [1.165, 1.54) is 11.8 Å². The van der Waals surface area contributed by atoms with Gasteiger partial charge in [-0.15, -0.1) is 0 Å². The Morgan fingerprint density at radius 3 is 2.71 bits per heavy atom. The Kier molecular flexibility index (Phi) is 3.75. The van der Waals surface area contributed by atoms with Crippen molar-refractivity contribution >= 4 is 22.7 Å². The molecule has 0 unspecified atom stereocenters. The van der Waals surface area contributed by atoms with E-state index >= 15 is 0 Å². The summed E-state index contributed by atoms with van der Waals surface area (Å²) in [5.41, 5.74) is 3.42. The van der Waals surface area contributed by atoms with Gasteiger partial charge in [0.25, 0.3) is 0 Å². The van der Waals surface area contributed by atoms with Crippen molar-refractivity contribution < 1.29 is 4.42 Å². The highest BCUT2D eigenvalue weighted by atomic mass is 32.2. The predicted octanol–water partition coefficient (Wildman–Crippen LogP) is 3.49. The van der Waals surface area contributed by atoms with Crippen molar-refractivity contribution in [2.24, 2.45) is 0 Å². The van der Waals surface area contributed by atoms with Crippen LogP contribution < -0.4 is 5.63 Å². The second-order valence-electron chi connectivity index (χ2n) is 4.79. The van der Waals surface area contributed by atoms with Crippen LogP contribution in [-0.4, -0.2) is 9.97 Å². The van der Waals surface area contributed by atoms with Crippen LogP contribution in [0.25, 0.3) is 11.0 Å². The van der Waals surface area contributed by atoms with Crippen LogP contribution in [-0.2, 0) is 5.75 Å². The number of rotatable bonds is 3. The fourth-order valence-electron chi connectivity index (χ4n) is 2.15. The normalized spacial score (nSPS) is 11.0. The molecule has 0 saturated carbocycles. The van der Waals surface area contributed by atoms with E-state index in [4.69, 9.17) is 4.42 Å². The summed E-state index contributed by atoms with van der Waals surface area (Å²) in [5.74, 6) is 0.634. The zero-order chi connectivity index (χ0) is 14.8. The molecule has 5 heteroatoms. The number of fused-ring (bicyclic) bond motifs is 1. The molecule has 0 aliphatic rings. The predicted molar refractivity (Wildman–Crippen MR) is 83.6 cm³/mol. The number of aromatic nitrogens is 2. The van der Waals surface area contributed by atoms with E-state index in [0.717, 1.165) is 22.1 Å². The highest BCUT2D eigenvalue weighted by molar-refractivity contribution is 7.98. The van der Waals surface area contributed by atoms with E-state index in [1.54, 1.807) is 24.5 Å². The molecule has 1 aromatic carbocycles. The number of thioether (sulfide) groups is 1. The summed E-state index contributed by atoms with van der Waals surface area (Å²) in [4.78, 5) is 20.1. The van der Waals surface area contributed by atoms with Gasteiger partial charge in [-0.1, -0.05) is 23.9 Å². The van der Waals surface area contributed by atoms with Crippen molar-refractivity contribution in [2.75, 3.05) is 0 Å². The van der Waals surface area contributed by atoms with Crippen molar-refractivity contribution in [3.05, 3.63) is 63.8 Å².